The van der Waals surface area contributed by atoms with Gasteiger partial charge in [-0.15, -0.1) is 0 Å². The molecule has 0 fully saturated rings. The first-order chi connectivity index (χ1) is 13.8. The summed E-state index contributed by atoms with van der Waals surface area (Å²) in [5, 5.41) is 4.67. The molecule has 0 spiro atoms. The lowest BCUT2D eigenvalue weighted by molar-refractivity contribution is -0.153. The quantitative estimate of drug-likeness (QED) is 0.525. The van der Waals surface area contributed by atoms with Crippen molar-refractivity contribution in [2.75, 3.05) is 11.9 Å². The molecule has 2 aromatic carbocycles. The summed E-state index contributed by atoms with van der Waals surface area (Å²) >= 11 is 0. The van der Waals surface area contributed by atoms with Gasteiger partial charge >= 0.3 is 5.97 Å². The fourth-order valence-electron chi connectivity index (χ4n) is 2.22. The van der Waals surface area contributed by atoms with Crippen molar-refractivity contribution in [2.24, 2.45) is 0 Å². The topological polar surface area (TPSA) is 84.5 Å². The van der Waals surface area contributed by atoms with E-state index in [4.69, 9.17) is 4.74 Å². The first-order valence-corrected chi connectivity index (χ1v) is 8.81. The number of amides is 2. The number of benzene rings is 2. The van der Waals surface area contributed by atoms with Crippen LogP contribution < -0.4 is 10.6 Å². The molecule has 0 bridgehead atoms. The number of ether oxygens (including phenoxy) is 1. The molecule has 0 unspecified atom stereocenters. The Labute approximate surface area is 166 Å². The normalized spacial score (nSPS) is 11.7. The summed E-state index contributed by atoms with van der Waals surface area (Å²) in [4.78, 5) is 35.5. The van der Waals surface area contributed by atoms with Crippen molar-refractivity contribution >= 4 is 29.5 Å². The van der Waals surface area contributed by atoms with E-state index in [2.05, 4.69) is 10.6 Å². The number of hydrogen-bond donors (Lipinski definition) is 2. The third-order valence-corrected chi connectivity index (χ3v) is 3.72. The maximum absolute atomic E-state index is 13.5. The largest absolute Gasteiger partial charge is 0.452 e. The van der Waals surface area contributed by atoms with Crippen LogP contribution in [0.4, 0.5) is 14.5 Å². The number of nitrogens with one attached hydrogen (secondary N) is 2. The Kier molecular flexibility index (Phi) is 8.02. The van der Waals surface area contributed by atoms with Crippen LogP contribution in [0.25, 0.3) is 6.08 Å². The fraction of sp³-hybridized carbons (Fsp3) is 0.190. The Balaban J connectivity index is 1.72. The molecule has 0 saturated carbocycles. The highest BCUT2D eigenvalue weighted by Gasteiger charge is 2.19. The molecule has 0 aliphatic heterocycles. The molecule has 0 heterocycles. The molecule has 0 aliphatic rings. The summed E-state index contributed by atoms with van der Waals surface area (Å²) in [7, 11) is 0. The van der Waals surface area contributed by atoms with E-state index in [1.165, 1.54) is 13.0 Å². The number of carbonyl (C=O) groups is 3. The summed E-state index contributed by atoms with van der Waals surface area (Å²) in [5.41, 5.74) is 0.506. The van der Waals surface area contributed by atoms with Crippen LogP contribution in [0, 0.1) is 11.6 Å². The van der Waals surface area contributed by atoms with Crippen LogP contribution >= 0.6 is 0 Å². The van der Waals surface area contributed by atoms with Crippen LogP contribution in [-0.2, 0) is 19.1 Å². The molecule has 0 aliphatic carbocycles. The molecule has 0 radical (unpaired) electrons. The number of rotatable bonds is 8. The minimum absolute atomic E-state index is 0.0175. The SMILES string of the molecule is C[C@H](OC(=O)CCNC(=O)/C=C/c1ccccc1)C(=O)Nc1cc(F)ccc1F. The second kappa shape index (κ2) is 10.7. The molecular weight excluding hydrogens is 382 g/mol. The van der Waals surface area contributed by atoms with Crippen molar-refractivity contribution in [3.8, 4) is 0 Å². The van der Waals surface area contributed by atoms with Gasteiger partial charge in [-0.3, -0.25) is 14.4 Å². The third-order valence-electron chi connectivity index (χ3n) is 3.72. The monoisotopic (exact) mass is 402 g/mol. The molecule has 1 atom stereocenters. The maximum Gasteiger partial charge on any atom is 0.308 e. The van der Waals surface area contributed by atoms with Gasteiger partial charge in [0.2, 0.25) is 5.91 Å². The molecule has 2 aromatic rings. The van der Waals surface area contributed by atoms with E-state index < -0.39 is 29.6 Å². The summed E-state index contributed by atoms with van der Waals surface area (Å²) in [6.45, 7) is 1.31. The zero-order valence-corrected chi connectivity index (χ0v) is 15.7. The Hall–Kier alpha value is -3.55. The van der Waals surface area contributed by atoms with Crippen molar-refractivity contribution in [3.63, 3.8) is 0 Å². The average Bonchev–Trinajstić information content (AvgIpc) is 2.70. The minimum atomic E-state index is -1.22. The average molecular weight is 402 g/mol. The van der Waals surface area contributed by atoms with Gasteiger partial charge in [0.05, 0.1) is 12.1 Å². The van der Waals surface area contributed by atoms with Gasteiger partial charge in [-0.1, -0.05) is 30.3 Å². The predicted molar refractivity (Wildman–Crippen MR) is 104 cm³/mol. The first-order valence-electron chi connectivity index (χ1n) is 8.81. The lowest BCUT2D eigenvalue weighted by Gasteiger charge is -2.14. The highest BCUT2D eigenvalue weighted by Crippen LogP contribution is 2.15. The van der Waals surface area contributed by atoms with E-state index in [1.807, 2.05) is 30.3 Å². The zero-order chi connectivity index (χ0) is 21.2. The van der Waals surface area contributed by atoms with E-state index in [1.54, 1.807) is 6.08 Å². The maximum atomic E-state index is 13.5. The van der Waals surface area contributed by atoms with Crippen LogP contribution in [0.15, 0.2) is 54.6 Å². The highest BCUT2D eigenvalue weighted by molar-refractivity contribution is 5.95. The minimum Gasteiger partial charge on any atom is -0.452 e. The van der Waals surface area contributed by atoms with Crippen molar-refractivity contribution < 1.29 is 27.9 Å². The van der Waals surface area contributed by atoms with Crippen LogP contribution in [0.1, 0.15) is 18.9 Å². The zero-order valence-electron chi connectivity index (χ0n) is 15.7. The van der Waals surface area contributed by atoms with Crippen molar-refractivity contribution in [3.05, 3.63) is 71.8 Å². The Morgan fingerprint density at radius 2 is 1.83 bits per heavy atom. The smallest absolute Gasteiger partial charge is 0.308 e. The van der Waals surface area contributed by atoms with Gasteiger partial charge in [0.15, 0.2) is 6.10 Å². The summed E-state index contributed by atoms with van der Waals surface area (Å²) < 4.78 is 31.6. The highest BCUT2D eigenvalue weighted by atomic mass is 19.1. The van der Waals surface area contributed by atoms with Gasteiger partial charge in [0, 0.05) is 18.7 Å². The Morgan fingerprint density at radius 1 is 1.10 bits per heavy atom. The lowest BCUT2D eigenvalue weighted by Crippen LogP contribution is -2.32. The predicted octanol–water partition coefficient (Wildman–Crippen LogP) is 3.05. The number of esters is 1. The van der Waals surface area contributed by atoms with E-state index in [0.29, 0.717) is 0 Å². The molecule has 6 nitrogen and oxygen atoms in total. The third kappa shape index (κ3) is 7.53. The van der Waals surface area contributed by atoms with Crippen molar-refractivity contribution in [1.82, 2.24) is 5.32 Å². The molecule has 2 N–H and O–H groups in total. The van der Waals surface area contributed by atoms with Gasteiger partial charge < -0.3 is 15.4 Å². The number of carbonyl (C=O) groups excluding carboxylic acids is 3. The van der Waals surface area contributed by atoms with E-state index in [-0.39, 0.29) is 24.6 Å². The van der Waals surface area contributed by atoms with Crippen LogP contribution in [0.5, 0.6) is 0 Å². The van der Waals surface area contributed by atoms with E-state index in [9.17, 15) is 23.2 Å². The molecule has 8 heteroatoms. The van der Waals surface area contributed by atoms with Gasteiger partial charge in [0.1, 0.15) is 11.6 Å². The number of hydrogen-bond acceptors (Lipinski definition) is 4. The summed E-state index contributed by atoms with van der Waals surface area (Å²) in [5.74, 6) is -3.45. The number of halogens is 2. The van der Waals surface area contributed by atoms with Gasteiger partial charge in [-0.25, -0.2) is 8.78 Å². The molecule has 0 saturated heterocycles. The van der Waals surface area contributed by atoms with Crippen LogP contribution in [0.3, 0.4) is 0 Å². The van der Waals surface area contributed by atoms with E-state index in [0.717, 1.165) is 23.8 Å². The molecule has 29 heavy (non-hydrogen) atoms. The van der Waals surface area contributed by atoms with Gasteiger partial charge in [0.25, 0.3) is 5.91 Å². The van der Waals surface area contributed by atoms with Gasteiger partial charge in [-0.2, -0.15) is 0 Å². The van der Waals surface area contributed by atoms with Crippen molar-refractivity contribution in [2.45, 2.75) is 19.4 Å². The molecular formula is C21H20F2N2O4. The van der Waals surface area contributed by atoms with Crippen molar-refractivity contribution in [1.29, 1.82) is 0 Å². The fourth-order valence-corrected chi connectivity index (χ4v) is 2.22. The Morgan fingerprint density at radius 3 is 2.55 bits per heavy atom. The molecule has 0 aromatic heterocycles. The second-order valence-corrected chi connectivity index (χ2v) is 6.03. The number of anilines is 1. The van der Waals surface area contributed by atoms with E-state index >= 15 is 0 Å². The Bertz CT molecular complexity index is 901. The summed E-state index contributed by atoms with van der Waals surface area (Å²) in [6.07, 6.45) is 1.59. The first kappa shape index (κ1) is 21.7. The van der Waals surface area contributed by atoms with Crippen LogP contribution in [0.2, 0.25) is 0 Å². The second-order valence-electron chi connectivity index (χ2n) is 6.03. The summed E-state index contributed by atoms with van der Waals surface area (Å²) in [6, 6.07) is 11.8. The van der Waals surface area contributed by atoms with Gasteiger partial charge in [-0.05, 0) is 30.7 Å². The lowest BCUT2D eigenvalue weighted by atomic mass is 10.2. The standard InChI is InChI=1S/C21H20F2N2O4/c1-14(21(28)25-18-13-16(22)8-9-17(18)23)29-20(27)11-12-24-19(26)10-7-15-5-3-2-4-6-15/h2-10,13-14H,11-12H2,1H3,(H,24,26)(H,25,28)/b10-7+/t14-/m0/s1. The van der Waals surface area contributed by atoms with Crippen LogP contribution in [-0.4, -0.2) is 30.4 Å². The molecule has 152 valence electrons. The molecule has 2 rings (SSSR count). The molecule has 2 amide bonds.